The van der Waals surface area contributed by atoms with E-state index in [0.29, 0.717) is 18.9 Å². The zero-order chi connectivity index (χ0) is 12.0. The summed E-state index contributed by atoms with van der Waals surface area (Å²) in [5.41, 5.74) is 0.625. The summed E-state index contributed by atoms with van der Waals surface area (Å²) in [7, 11) is 0. The van der Waals surface area contributed by atoms with Gasteiger partial charge in [0, 0.05) is 0 Å². The van der Waals surface area contributed by atoms with Crippen LogP contribution in [0.2, 0.25) is 0 Å². The van der Waals surface area contributed by atoms with E-state index in [1.54, 1.807) is 6.07 Å². The molecule has 2 heterocycles. The van der Waals surface area contributed by atoms with Crippen molar-refractivity contribution in [2.75, 3.05) is 23.8 Å². The van der Waals surface area contributed by atoms with E-state index in [-0.39, 0.29) is 17.8 Å². The number of nitrogens with one attached hydrogen (secondary N) is 2. The third-order valence-electron chi connectivity index (χ3n) is 3.53. The van der Waals surface area contributed by atoms with Crippen LogP contribution in [0.4, 0.5) is 15.8 Å². The molecule has 2 aliphatic heterocycles. The Morgan fingerprint density at radius 1 is 1.47 bits per heavy atom. The molecule has 4 nitrogen and oxygen atoms in total. The van der Waals surface area contributed by atoms with Crippen LogP contribution in [0.5, 0.6) is 0 Å². The van der Waals surface area contributed by atoms with Gasteiger partial charge in [-0.2, -0.15) is 0 Å². The molecule has 2 unspecified atom stereocenters. The van der Waals surface area contributed by atoms with Gasteiger partial charge in [0.05, 0.1) is 36.0 Å². The molecular weight excluding hydrogens is 223 g/mol. The summed E-state index contributed by atoms with van der Waals surface area (Å²) in [4.78, 5) is 12.1. The van der Waals surface area contributed by atoms with Gasteiger partial charge in [-0.3, -0.25) is 4.79 Å². The second kappa shape index (κ2) is 3.43. The number of carbonyl (C=O) groups is 1. The highest BCUT2D eigenvalue weighted by atomic mass is 19.1. The Morgan fingerprint density at radius 2 is 2.29 bits per heavy atom. The Kier molecular flexibility index (Phi) is 2.13. The molecule has 2 aliphatic rings. The first-order valence-electron chi connectivity index (χ1n) is 5.55. The highest BCUT2D eigenvalue weighted by Gasteiger charge is 2.48. The lowest BCUT2D eigenvalue weighted by Gasteiger charge is -2.25. The van der Waals surface area contributed by atoms with Gasteiger partial charge < -0.3 is 15.4 Å². The predicted octanol–water partition coefficient (Wildman–Crippen LogP) is 1.59. The molecule has 1 fully saturated rings. The number of rotatable bonds is 0. The standard InChI is InChI=1S/C12H13FN2O2/c1-12-6-17-5-10(12)14-8-3-2-7(13)4-9(8)15-11(12)16/h2-4,10,14H,5-6H2,1H3,(H,15,16). The quantitative estimate of drug-likeness (QED) is 0.719. The molecule has 2 N–H and O–H groups in total. The maximum Gasteiger partial charge on any atom is 0.234 e. The smallest absolute Gasteiger partial charge is 0.234 e. The van der Waals surface area contributed by atoms with Crippen molar-refractivity contribution in [3.8, 4) is 0 Å². The van der Waals surface area contributed by atoms with Crippen LogP contribution in [0.1, 0.15) is 6.92 Å². The topological polar surface area (TPSA) is 50.4 Å². The van der Waals surface area contributed by atoms with Crippen LogP contribution in [-0.2, 0) is 9.53 Å². The monoisotopic (exact) mass is 236 g/mol. The number of halogens is 1. The number of hydrogen-bond acceptors (Lipinski definition) is 3. The molecule has 17 heavy (non-hydrogen) atoms. The summed E-state index contributed by atoms with van der Waals surface area (Å²) in [6.45, 7) is 2.73. The highest BCUT2D eigenvalue weighted by molar-refractivity contribution is 6.00. The van der Waals surface area contributed by atoms with E-state index in [0.717, 1.165) is 5.69 Å². The lowest BCUT2D eigenvalue weighted by Crippen LogP contribution is -2.44. The lowest BCUT2D eigenvalue weighted by atomic mass is 9.84. The fourth-order valence-corrected chi connectivity index (χ4v) is 2.30. The van der Waals surface area contributed by atoms with E-state index in [1.807, 2.05) is 6.92 Å². The van der Waals surface area contributed by atoms with Crippen molar-refractivity contribution in [1.29, 1.82) is 0 Å². The molecule has 0 radical (unpaired) electrons. The van der Waals surface area contributed by atoms with Crippen molar-refractivity contribution in [3.05, 3.63) is 24.0 Å². The van der Waals surface area contributed by atoms with Crippen LogP contribution in [0.25, 0.3) is 0 Å². The van der Waals surface area contributed by atoms with Crippen molar-refractivity contribution in [2.45, 2.75) is 13.0 Å². The Bertz CT molecular complexity index is 491. The zero-order valence-electron chi connectivity index (χ0n) is 9.42. The molecule has 3 rings (SSSR count). The van der Waals surface area contributed by atoms with Crippen LogP contribution in [0.15, 0.2) is 18.2 Å². The third-order valence-corrected chi connectivity index (χ3v) is 3.53. The van der Waals surface area contributed by atoms with Crippen LogP contribution in [-0.4, -0.2) is 25.2 Å². The van der Waals surface area contributed by atoms with Gasteiger partial charge in [-0.1, -0.05) is 0 Å². The minimum atomic E-state index is -0.602. The van der Waals surface area contributed by atoms with Crippen LogP contribution in [0.3, 0.4) is 0 Å². The number of hydrogen-bond donors (Lipinski definition) is 2. The van der Waals surface area contributed by atoms with Crippen molar-refractivity contribution in [3.63, 3.8) is 0 Å². The van der Waals surface area contributed by atoms with Gasteiger partial charge in [-0.15, -0.1) is 0 Å². The summed E-state index contributed by atoms with van der Waals surface area (Å²) >= 11 is 0. The first-order valence-corrected chi connectivity index (χ1v) is 5.55. The molecule has 1 amide bonds. The van der Waals surface area contributed by atoms with Gasteiger partial charge >= 0.3 is 0 Å². The molecule has 1 aromatic carbocycles. The molecular formula is C12H13FN2O2. The number of amides is 1. The lowest BCUT2D eigenvalue weighted by molar-refractivity contribution is -0.124. The van der Waals surface area contributed by atoms with Crippen molar-refractivity contribution in [1.82, 2.24) is 0 Å². The molecule has 0 saturated carbocycles. The van der Waals surface area contributed by atoms with Gasteiger partial charge in [0.2, 0.25) is 5.91 Å². The second-order valence-corrected chi connectivity index (χ2v) is 4.77. The Balaban J connectivity index is 2.06. The fourth-order valence-electron chi connectivity index (χ4n) is 2.30. The van der Waals surface area contributed by atoms with E-state index in [2.05, 4.69) is 10.6 Å². The molecule has 0 bridgehead atoms. The van der Waals surface area contributed by atoms with Crippen molar-refractivity contribution in [2.24, 2.45) is 5.41 Å². The van der Waals surface area contributed by atoms with E-state index in [4.69, 9.17) is 4.74 Å². The van der Waals surface area contributed by atoms with Crippen LogP contribution >= 0.6 is 0 Å². The van der Waals surface area contributed by atoms with Gasteiger partial charge in [0.25, 0.3) is 0 Å². The SMILES string of the molecule is CC12COCC1Nc1ccc(F)cc1NC2=O. The first kappa shape index (κ1) is 10.5. The fraction of sp³-hybridized carbons (Fsp3) is 0.417. The van der Waals surface area contributed by atoms with Gasteiger partial charge in [-0.25, -0.2) is 4.39 Å². The Morgan fingerprint density at radius 3 is 3.12 bits per heavy atom. The van der Waals surface area contributed by atoms with E-state index in [9.17, 15) is 9.18 Å². The molecule has 1 aromatic rings. The molecule has 0 spiro atoms. The van der Waals surface area contributed by atoms with E-state index < -0.39 is 5.41 Å². The van der Waals surface area contributed by atoms with Crippen molar-refractivity contribution >= 4 is 17.3 Å². The predicted molar refractivity (Wildman–Crippen MR) is 61.4 cm³/mol. The number of fused-ring (bicyclic) bond motifs is 2. The number of anilines is 2. The minimum Gasteiger partial charge on any atom is -0.378 e. The van der Waals surface area contributed by atoms with Crippen molar-refractivity contribution < 1.29 is 13.9 Å². The summed E-state index contributed by atoms with van der Waals surface area (Å²) in [5.74, 6) is -0.490. The zero-order valence-corrected chi connectivity index (χ0v) is 9.42. The molecule has 0 aliphatic carbocycles. The number of ether oxygens (including phenoxy) is 1. The summed E-state index contributed by atoms with van der Waals surface area (Å²) < 4.78 is 18.5. The summed E-state index contributed by atoms with van der Waals surface area (Å²) in [6, 6.07) is 4.26. The summed E-state index contributed by atoms with van der Waals surface area (Å²) in [6.07, 6.45) is 0. The second-order valence-electron chi connectivity index (χ2n) is 4.77. The average molecular weight is 236 g/mol. The van der Waals surface area contributed by atoms with Crippen LogP contribution < -0.4 is 10.6 Å². The number of benzene rings is 1. The van der Waals surface area contributed by atoms with Crippen LogP contribution in [0, 0.1) is 11.2 Å². The largest absolute Gasteiger partial charge is 0.378 e. The Hall–Kier alpha value is -1.62. The average Bonchev–Trinajstić information content (AvgIpc) is 2.61. The highest BCUT2D eigenvalue weighted by Crippen LogP contribution is 2.37. The van der Waals surface area contributed by atoms with Gasteiger partial charge in [-0.05, 0) is 25.1 Å². The van der Waals surface area contributed by atoms with Gasteiger partial charge in [0.15, 0.2) is 0 Å². The maximum absolute atomic E-state index is 13.1. The third kappa shape index (κ3) is 1.50. The van der Waals surface area contributed by atoms with E-state index in [1.165, 1.54) is 12.1 Å². The molecule has 0 aromatic heterocycles. The summed E-state index contributed by atoms with van der Waals surface area (Å²) in [5, 5.41) is 6.00. The molecule has 5 heteroatoms. The maximum atomic E-state index is 13.1. The number of carbonyl (C=O) groups excluding carboxylic acids is 1. The normalized spacial score (nSPS) is 30.9. The van der Waals surface area contributed by atoms with Gasteiger partial charge in [0.1, 0.15) is 5.82 Å². The minimum absolute atomic E-state index is 0.0748. The molecule has 90 valence electrons. The first-order chi connectivity index (χ1) is 8.09. The molecule has 2 atom stereocenters. The Labute approximate surface area is 98.1 Å². The molecule has 1 saturated heterocycles. The van der Waals surface area contributed by atoms with E-state index >= 15 is 0 Å².